The zero-order valence-corrected chi connectivity index (χ0v) is 13.2. The van der Waals surface area contributed by atoms with Gasteiger partial charge in [-0.1, -0.05) is 18.2 Å². The van der Waals surface area contributed by atoms with Crippen molar-refractivity contribution in [1.29, 1.82) is 0 Å². The zero-order chi connectivity index (χ0) is 17.0. The molecule has 23 heavy (non-hydrogen) atoms. The molecule has 2 aromatic rings. The van der Waals surface area contributed by atoms with Crippen LogP contribution in [0, 0.1) is 11.6 Å². The van der Waals surface area contributed by atoms with Crippen LogP contribution in [-0.4, -0.2) is 26.4 Å². The fourth-order valence-corrected chi connectivity index (χ4v) is 3.68. The van der Waals surface area contributed by atoms with Crippen molar-refractivity contribution < 1.29 is 27.0 Å². The first-order valence-corrected chi connectivity index (χ1v) is 8.60. The standard InChI is InChI=1S/C16H16F2O4S/c1-22-12-5-2-4-11(8-12)9-23(20,21)10-15(19)16-13(17)6-3-7-14(16)18/h2-8,15,19H,9-10H2,1H3. The molecule has 0 heterocycles. The molecule has 0 spiro atoms. The Morgan fingerprint density at radius 3 is 2.35 bits per heavy atom. The summed E-state index contributed by atoms with van der Waals surface area (Å²) in [5.41, 5.74) is -0.174. The molecule has 1 unspecified atom stereocenters. The number of sulfone groups is 1. The molecule has 0 fully saturated rings. The van der Waals surface area contributed by atoms with Gasteiger partial charge in [-0.2, -0.15) is 0 Å². The number of methoxy groups -OCH3 is 1. The van der Waals surface area contributed by atoms with Crippen molar-refractivity contribution in [2.24, 2.45) is 0 Å². The first kappa shape index (κ1) is 17.4. The van der Waals surface area contributed by atoms with Crippen LogP contribution in [0.2, 0.25) is 0 Å². The van der Waals surface area contributed by atoms with E-state index in [1.807, 2.05) is 0 Å². The zero-order valence-electron chi connectivity index (χ0n) is 12.4. The lowest BCUT2D eigenvalue weighted by Gasteiger charge is -2.13. The number of rotatable bonds is 6. The van der Waals surface area contributed by atoms with Gasteiger partial charge in [0.2, 0.25) is 0 Å². The van der Waals surface area contributed by atoms with Crippen LogP contribution in [0.3, 0.4) is 0 Å². The summed E-state index contributed by atoms with van der Waals surface area (Å²) in [5, 5.41) is 9.91. The highest BCUT2D eigenvalue weighted by Crippen LogP contribution is 2.23. The predicted molar refractivity (Wildman–Crippen MR) is 81.8 cm³/mol. The normalized spacial score (nSPS) is 12.9. The van der Waals surface area contributed by atoms with Crippen molar-refractivity contribution in [3.8, 4) is 5.75 Å². The molecular weight excluding hydrogens is 326 g/mol. The second-order valence-electron chi connectivity index (χ2n) is 5.06. The summed E-state index contributed by atoms with van der Waals surface area (Å²) in [5.74, 6) is -2.60. The summed E-state index contributed by atoms with van der Waals surface area (Å²) in [4.78, 5) is 0. The lowest BCUT2D eigenvalue weighted by Crippen LogP contribution is -2.18. The minimum absolute atomic E-state index is 0.364. The molecule has 0 aromatic heterocycles. The molecular formula is C16H16F2O4S. The smallest absolute Gasteiger partial charge is 0.157 e. The average molecular weight is 342 g/mol. The van der Waals surface area contributed by atoms with Crippen LogP contribution in [0.5, 0.6) is 5.75 Å². The van der Waals surface area contributed by atoms with Gasteiger partial charge < -0.3 is 9.84 Å². The first-order chi connectivity index (χ1) is 10.8. The highest BCUT2D eigenvalue weighted by Gasteiger charge is 2.24. The molecule has 2 rings (SSSR count). The van der Waals surface area contributed by atoms with Crippen molar-refractivity contribution in [2.45, 2.75) is 11.9 Å². The summed E-state index contributed by atoms with van der Waals surface area (Å²) >= 11 is 0. The van der Waals surface area contributed by atoms with Crippen molar-refractivity contribution >= 4 is 9.84 Å². The summed E-state index contributed by atoms with van der Waals surface area (Å²) in [6, 6.07) is 9.53. The third-order valence-corrected chi connectivity index (χ3v) is 4.86. The van der Waals surface area contributed by atoms with Gasteiger partial charge in [0.25, 0.3) is 0 Å². The first-order valence-electron chi connectivity index (χ1n) is 6.78. The summed E-state index contributed by atoms with van der Waals surface area (Å²) in [6.07, 6.45) is -1.77. The fourth-order valence-electron chi connectivity index (χ4n) is 2.23. The summed E-state index contributed by atoms with van der Waals surface area (Å²) < 4.78 is 56.5. The van der Waals surface area contributed by atoms with E-state index in [-0.39, 0.29) is 5.75 Å². The van der Waals surface area contributed by atoms with Gasteiger partial charge in [0, 0.05) is 0 Å². The third kappa shape index (κ3) is 4.49. The maximum absolute atomic E-state index is 13.6. The molecule has 0 aliphatic rings. The van der Waals surface area contributed by atoms with Gasteiger partial charge in [-0.25, -0.2) is 17.2 Å². The van der Waals surface area contributed by atoms with Crippen molar-refractivity contribution in [3.05, 3.63) is 65.2 Å². The molecule has 0 aliphatic heterocycles. The molecule has 0 saturated heterocycles. The Bertz CT molecular complexity index is 770. The van der Waals surface area contributed by atoms with Gasteiger partial charge in [-0.05, 0) is 29.8 Å². The Labute approximate surface area is 133 Å². The minimum Gasteiger partial charge on any atom is -0.497 e. The summed E-state index contributed by atoms with van der Waals surface area (Å²) in [6.45, 7) is 0. The number of hydrogen-bond acceptors (Lipinski definition) is 4. The monoisotopic (exact) mass is 342 g/mol. The molecule has 0 saturated carbocycles. The topological polar surface area (TPSA) is 63.6 Å². The van der Waals surface area contributed by atoms with Crippen LogP contribution >= 0.6 is 0 Å². The molecule has 124 valence electrons. The minimum atomic E-state index is -3.78. The maximum atomic E-state index is 13.6. The van der Waals surface area contributed by atoms with Crippen molar-refractivity contribution in [2.75, 3.05) is 12.9 Å². The van der Waals surface area contributed by atoms with E-state index in [1.54, 1.807) is 24.3 Å². The summed E-state index contributed by atoms with van der Waals surface area (Å²) in [7, 11) is -2.32. The van der Waals surface area contributed by atoms with E-state index in [1.165, 1.54) is 7.11 Å². The van der Waals surface area contributed by atoms with Crippen LogP contribution in [-0.2, 0) is 15.6 Å². The van der Waals surface area contributed by atoms with Gasteiger partial charge in [-0.15, -0.1) is 0 Å². The van der Waals surface area contributed by atoms with E-state index in [9.17, 15) is 22.3 Å². The molecule has 7 heteroatoms. The molecule has 0 aliphatic carbocycles. The number of aliphatic hydroxyl groups is 1. The Hall–Kier alpha value is -1.99. The van der Waals surface area contributed by atoms with E-state index in [0.29, 0.717) is 11.3 Å². The van der Waals surface area contributed by atoms with Gasteiger partial charge in [0.15, 0.2) is 9.84 Å². The third-order valence-electron chi connectivity index (χ3n) is 3.27. The quantitative estimate of drug-likeness (QED) is 0.876. The fraction of sp³-hybridized carbons (Fsp3) is 0.250. The Balaban J connectivity index is 2.17. The second kappa shape index (κ2) is 7.06. The van der Waals surface area contributed by atoms with Gasteiger partial charge in [0.05, 0.1) is 30.3 Å². The van der Waals surface area contributed by atoms with E-state index >= 15 is 0 Å². The van der Waals surface area contributed by atoms with Crippen LogP contribution in [0.1, 0.15) is 17.2 Å². The van der Waals surface area contributed by atoms with Crippen molar-refractivity contribution in [1.82, 2.24) is 0 Å². The maximum Gasteiger partial charge on any atom is 0.157 e. The molecule has 0 radical (unpaired) electrons. The average Bonchev–Trinajstić information content (AvgIpc) is 2.46. The van der Waals surface area contributed by atoms with Crippen LogP contribution in [0.4, 0.5) is 8.78 Å². The van der Waals surface area contributed by atoms with Crippen LogP contribution in [0.25, 0.3) is 0 Å². The highest BCUT2D eigenvalue weighted by molar-refractivity contribution is 7.90. The number of benzene rings is 2. The van der Waals surface area contributed by atoms with E-state index in [4.69, 9.17) is 4.74 Å². The molecule has 1 N–H and O–H groups in total. The highest BCUT2D eigenvalue weighted by atomic mass is 32.2. The molecule has 0 amide bonds. The number of halogens is 2. The second-order valence-corrected chi connectivity index (χ2v) is 7.17. The molecule has 0 bridgehead atoms. The Morgan fingerprint density at radius 1 is 1.13 bits per heavy atom. The lowest BCUT2D eigenvalue weighted by molar-refractivity contribution is 0.191. The molecule has 4 nitrogen and oxygen atoms in total. The SMILES string of the molecule is COc1cccc(CS(=O)(=O)CC(O)c2c(F)cccc2F)c1. The van der Waals surface area contributed by atoms with Crippen LogP contribution < -0.4 is 4.74 Å². The molecule has 2 aromatic carbocycles. The largest absolute Gasteiger partial charge is 0.497 e. The van der Waals surface area contributed by atoms with Gasteiger partial charge in [-0.3, -0.25) is 0 Å². The number of ether oxygens (including phenoxy) is 1. The van der Waals surface area contributed by atoms with Gasteiger partial charge in [0.1, 0.15) is 17.4 Å². The Morgan fingerprint density at radius 2 is 1.74 bits per heavy atom. The number of hydrogen-bond donors (Lipinski definition) is 1. The van der Waals surface area contributed by atoms with E-state index in [0.717, 1.165) is 18.2 Å². The van der Waals surface area contributed by atoms with E-state index in [2.05, 4.69) is 0 Å². The predicted octanol–water partition coefficient (Wildman–Crippen LogP) is 2.62. The van der Waals surface area contributed by atoms with E-state index < -0.39 is 38.9 Å². The van der Waals surface area contributed by atoms with Crippen molar-refractivity contribution in [3.63, 3.8) is 0 Å². The lowest BCUT2D eigenvalue weighted by atomic mass is 10.1. The van der Waals surface area contributed by atoms with Gasteiger partial charge >= 0.3 is 0 Å². The van der Waals surface area contributed by atoms with Crippen LogP contribution in [0.15, 0.2) is 42.5 Å². The Kier molecular flexibility index (Phi) is 5.33. The molecule has 1 atom stereocenters. The number of aliphatic hydroxyl groups excluding tert-OH is 1.